The molecule has 0 radical (unpaired) electrons. The predicted molar refractivity (Wildman–Crippen MR) is 62.3 cm³/mol. The molecule has 2 rings (SSSR count). The lowest BCUT2D eigenvalue weighted by atomic mass is 10.1. The number of cyclic esters (lactones) is 1. The molecule has 4 heteroatoms. The fourth-order valence-electron chi connectivity index (χ4n) is 1.62. The van der Waals surface area contributed by atoms with Crippen molar-refractivity contribution in [3.8, 4) is 0 Å². The van der Waals surface area contributed by atoms with Crippen LogP contribution in [-0.4, -0.2) is 22.5 Å². The van der Waals surface area contributed by atoms with Crippen LogP contribution < -0.4 is 0 Å². The van der Waals surface area contributed by atoms with Gasteiger partial charge in [0, 0.05) is 5.56 Å². The van der Waals surface area contributed by atoms with Gasteiger partial charge in [-0.3, -0.25) is 4.79 Å². The summed E-state index contributed by atoms with van der Waals surface area (Å²) in [6.07, 6.45) is -0.672. The fourth-order valence-corrected chi connectivity index (χ4v) is 1.62. The summed E-state index contributed by atoms with van der Waals surface area (Å²) in [7, 11) is 0. The van der Waals surface area contributed by atoms with Gasteiger partial charge in [0.1, 0.15) is 5.60 Å². The van der Waals surface area contributed by atoms with Crippen molar-refractivity contribution in [1.82, 2.24) is 4.90 Å². The third-order valence-electron chi connectivity index (χ3n) is 2.71. The minimum atomic E-state index is -0.832. The number of carbonyl (C=O) groups is 2. The van der Waals surface area contributed by atoms with Gasteiger partial charge in [-0.25, -0.2) is 9.69 Å². The maximum atomic E-state index is 12.1. The average Bonchev–Trinajstić information content (AvgIpc) is 2.49. The topological polar surface area (TPSA) is 46.6 Å². The second-order valence-electron chi connectivity index (χ2n) is 4.33. The van der Waals surface area contributed by atoms with E-state index in [1.54, 1.807) is 44.2 Å². The molecule has 0 aliphatic carbocycles. The predicted octanol–water partition coefficient (Wildman–Crippen LogP) is 2.57. The van der Waals surface area contributed by atoms with E-state index in [1.807, 2.05) is 0 Å². The molecule has 0 N–H and O–H groups in total. The van der Waals surface area contributed by atoms with E-state index >= 15 is 0 Å². The van der Waals surface area contributed by atoms with E-state index in [1.165, 1.54) is 0 Å². The van der Waals surface area contributed by atoms with E-state index in [9.17, 15) is 9.59 Å². The summed E-state index contributed by atoms with van der Waals surface area (Å²) in [4.78, 5) is 24.7. The van der Waals surface area contributed by atoms with Crippen LogP contribution in [0.15, 0.2) is 42.6 Å². The number of ether oxygens (including phenoxy) is 1. The van der Waals surface area contributed by atoms with Gasteiger partial charge in [0.05, 0.1) is 5.70 Å². The van der Waals surface area contributed by atoms with Gasteiger partial charge >= 0.3 is 6.09 Å². The Balaban J connectivity index is 2.34. The highest BCUT2D eigenvalue weighted by atomic mass is 16.6. The quantitative estimate of drug-likeness (QED) is 0.746. The van der Waals surface area contributed by atoms with Gasteiger partial charge in [-0.1, -0.05) is 24.8 Å². The SMILES string of the molecule is C=C1N(C(=O)c2ccccc2)C(=O)OC1(C)C. The van der Waals surface area contributed by atoms with Crippen molar-refractivity contribution in [2.24, 2.45) is 0 Å². The third kappa shape index (κ3) is 1.82. The zero-order chi connectivity index (χ0) is 12.6. The normalized spacial score (nSPS) is 18.1. The van der Waals surface area contributed by atoms with Crippen LogP contribution in [0, 0.1) is 0 Å². The lowest BCUT2D eigenvalue weighted by Gasteiger charge is -2.17. The molecule has 1 aliphatic rings. The van der Waals surface area contributed by atoms with Gasteiger partial charge in [0.15, 0.2) is 0 Å². The third-order valence-corrected chi connectivity index (χ3v) is 2.71. The Morgan fingerprint density at radius 3 is 2.35 bits per heavy atom. The standard InChI is InChI=1S/C13H13NO3/c1-9-13(2,3)17-12(16)14(9)11(15)10-7-5-4-6-8-10/h4-8H,1H2,2-3H3. The van der Waals surface area contributed by atoms with Crippen LogP contribution in [0.2, 0.25) is 0 Å². The van der Waals surface area contributed by atoms with Crippen LogP contribution in [-0.2, 0) is 4.74 Å². The minimum absolute atomic E-state index is 0.358. The fraction of sp³-hybridized carbons (Fsp3) is 0.231. The Morgan fingerprint density at radius 2 is 1.88 bits per heavy atom. The van der Waals surface area contributed by atoms with Crippen LogP contribution in [0.5, 0.6) is 0 Å². The Labute approximate surface area is 99.5 Å². The Hall–Kier alpha value is -2.10. The first-order chi connectivity index (χ1) is 7.93. The largest absolute Gasteiger partial charge is 0.436 e. The van der Waals surface area contributed by atoms with E-state index in [0.717, 1.165) is 4.90 Å². The van der Waals surface area contributed by atoms with E-state index in [-0.39, 0.29) is 0 Å². The van der Waals surface area contributed by atoms with E-state index in [2.05, 4.69) is 6.58 Å². The first-order valence-electron chi connectivity index (χ1n) is 5.25. The summed E-state index contributed by atoms with van der Waals surface area (Å²) in [5.41, 5.74) is -0.0405. The number of amides is 2. The van der Waals surface area contributed by atoms with Crippen LogP contribution in [0.4, 0.5) is 4.79 Å². The number of hydrogen-bond acceptors (Lipinski definition) is 3. The van der Waals surface area contributed by atoms with Gasteiger partial charge in [0.2, 0.25) is 0 Å². The van der Waals surface area contributed by atoms with Crippen LogP contribution >= 0.6 is 0 Å². The van der Waals surface area contributed by atoms with Crippen molar-refractivity contribution in [3.63, 3.8) is 0 Å². The monoisotopic (exact) mass is 231 g/mol. The molecule has 0 bridgehead atoms. The number of benzene rings is 1. The molecule has 17 heavy (non-hydrogen) atoms. The Morgan fingerprint density at radius 1 is 1.29 bits per heavy atom. The van der Waals surface area contributed by atoms with Crippen molar-refractivity contribution in [3.05, 3.63) is 48.2 Å². The van der Waals surface area contributed by atoms with Crippen molar-refractivity contribution < 1.29 is 14.3 Å². The molecule has 0 atom stereocenters. The van der Waals surface area contributed by atoms with Crippen molar-refractivity contribution in [2.75, 3.05) is 0 Å². The molecular formula is C13H13NO3. The molecule has 1 aromatic rings. The van der Waals surface area contributed by atoms with Crippen LogP contribution in [0.3, 0.4) is 0 Å². The number of imide groups is 1. The van der Waals surface area contributed by atoms with E-state index in [4.69, 9.17) is 4.74 Å². The number of nitrogens with zero attached hydrogens (tertiary/aromatic N) is 1. The molecule has 4 nitrogen and oxygen atoms in total. The Kier molecular flexibility index (Phi) is 2.50. The molecular weight excluding hydrogens is 218 g/mol. The smallest absolute Gasteiger partial charge is 0.422 e. The van der Waals surface area contributed by atoms with Crippen LogP contribution in [0.25, 0.3) is 0 Å². The first-order valence-corrected chi connectivity index (χ1v) is 5.25. The summed E-state index contributed by atoms with van der Waals surface area (Å²) in [5.74, 6) is -0.411. The molecule has 1 aliphatic heterocycles. The summed E-state index contributed by atoms with van der Waals surface area (Å²) < 4.78 is 5.08. The zero-order valence-corrected chi connectivity index (χ0v) is 9.77. The maximum absolute atomic E-state index is 12.1. The van der Waals surface area contributed by atoms with Gasteiger partial charge in [-0.05, 0) is 26.0 Å². The zero-order valence-electron chi connectivity index (χ0n) is 9.77. The van der Waals surface area contributed by atoms with Crippen molar-refractivity contribution in [2.45, 2.75) is 19.4 Å². The van der Waals surface area contributed by atoms with Gasteiger partial charge in [-0.15, -0.1) is 0 Å². The van der Waals surface area contributed by atoms with Crippen LogP contribution in [0.1, 0.15) is 24.2 Å². The molecule has 2 amide bonds. The molecule has 0 spiro atoms. The first kappa shape index (κ1) is 11.4. The number of hydrogen-bond donors (Lipinski definition) is 0. The highest BCUT2D eigenvalue weighted by Crippen LogP contribution is 2.32. The minimum Gasteiger partial charge on any atom is -0.436 e. The van der Waals surface area contributed by atoms with E-state index in [0.29, 0.717) is 11.3 Å². The molecule has 1 fully saturated rings. The molecule has 1 aromatic carbocycles. The second kappa shape index (κ2) is 3.73. The molecule has 1 saturated heterocycles. The van der Waals surface area contributed by atoms with Gasteiger partial charge < -0.3 is 4.74 Å². The van der Waals surface area contributed by atoms with Gasteiger partial charge in [0.25, 0.3) is 5.91 Å². The molecule has 0 aromatic heterocycles. The molecule has 0 saturated carbocycles. The molecule has 0 unspecified atom stereocenters. The highest BCUT2D eigenvalue weighted by Gasteiger charge is 2.45. The maximum Gasteiger partial charge on any atom is 0.422 e. The summed E-state index contributed by atoms with van der Waals surface area (Å²) in [5, 5.41) is 0. The summed E-state index contributed by atoms with van der Waals surface area (Å²) in [6, 6.07) is 8.57. The number of carbonyl (C=O) groups excluding carboxylic acids is 2. The van der Waals surface area contributed by atoms with E-state index < -0.39 is 17.6 Å². The lowest BCUT2D eigenvalue weighted by Crippen LogP contribution is -2.31. The van der Waals surface area contributed by atoms with Crippen molar-refractivity contribution >= 4 is 12.0 Å². The lowest BCUT2D eigenvalue weighted by molar-refractivity contribution is 0.0792. The molecule has 1 heterocycles. The Bertz CT molecular complexity index is 491. The highest BCUT2D eigenvalue weighted by molar-refractivity contribution is 6.05. The van der Waals surface area contributed by atoms with Gasteiger partial charge in [-0.2, -0.15) is 0 Å². The average molecular weight is 231 g/mol. The van der Waals surface area contributed by atoms with Crippen molar-refractivity contribution in [1.29, 1.82) is 0 Å². The summed E-state index contributed by atoms with van der Waals surface area (Å²) in [6.45, 7) is 7.14. The summed E-state index contributed by atoms with van der Waals surface area (Å²) >= 11 is 0. The number of rotatable bonds is 1. The second-order valence-corrected chi connectivity index (χ2v) is 4.33. The molecule has 88 valence electrons.